The first kappa shape index (κ1) is 19.4. The van der Waals surface area contributed by atoms with Gasteiger partial charge in [-0.2, -0.15) is 0 Å². The second-order valence-corrected chi connectivity index (χ2v) is 8.28. The zero-order valence-electron chi connectivity index (χ0n) is 16.5. The van der Waals surface area contributed by atoms with E-state index in [-0.39, 0.29) is 17.2 Å². The molecule has 0 aliphatic carbocycles. The van der Waals surface area contributed by atoms with Crippen LogP contribution < -0.4 is 5.32 Å². The Balaban J connectivity index is 1.60. The summed E-state index contributed by atoms with van der Waals surface area (Å²) in [5.41, 5.74) is 4.19. The molecule has 0 saturated carbocycles. The Morgan fingerprint density at radius 2 is 1.86 bits per heavy atom. The first-order valence-electron chi connectivity index (χ1n) is 9.76. The molecule has 1 aliphatic rings. The Labute approximate surface area is 175 Å². The number of carbonyl (C=O) groups is 1. The van der Waals surface area contributed by atoms with Crippen LogP contribution in [0.1, 0.15) is 51.7 Å². The van der Waals surface area contributed by atoms with Crippen LogP contribution in [0.4, 0.5) is 5.82 Å². The van der Waals surface area contributed by atoms with Gasteiger partial charge < -0.3 is 5.32 Å². The van der Waals surface area contributed by atoms with Crippen molar-refractivity contribution in [2.45, 2.75) is 31.6 Å². The number of nitrogens with one attached hydrogen (secondary N) is 1. The van der Waals surface area contributed by atoms with E-state index in [1.807, 2.05) is 30.3 Å². The van der Waals surface area contributed by atoms with E-state index < -0.39 is 0 Å². The summed E-state index contributed by atoms with van der Waals surface area (Å²) in [5.74, 6) is 0.403. The molecule has 0 saturated heterocycles. The highest BCUT2D eigenvalue weighted by Crippen LogP contribution is 2.49. The highest BCUT2D eigenvalue weighted by atomic mass is 32.2. The van der Waals surface area contributed by atoms with Gasteiger partial charge >= 0.3 is 0 Å². The van der Waals surface area contributed by atoms with Crippen molar-refractivity contribution in [3.8, 4) is 0 Å². The highest BCUT2D eigenvalue weighted by molar-refractivity contribution is 8.14. The van der Waals surface area contributed by atoms with Crippen molar-refractivity contribution in [3.05, 3.63) is 95.2 Å². The molecule has 3 aromatic rings. The van der Waals surface area contributed by atoms with Gasteiger partial charge in [0.05, 0.1) is 16.3 Å². The van der Waals surface area contributed by atoms with Gasteiger partial charge in [0.25, 0.3) is 5.91 Å². The molecule has 2 unspecified atom stereocenters. The predicted molar refractivity (Wildman–Crippen MR) is 121 cm³/mol. The van der Waals surface area contributed by atoms with Gasteiger partial charge in [0.15, 0.2) is 0 Å². The lowest BCUT2D eigenvalue weighted by Crippen LogP contribution is -2.13. The predicted octanol–water partition coefficient (Wildman–Crippen LogP) is 5.98. The van der Waals surface area contributed by atoms with Gasteiger partial charge in [0.2, 0.25) is 0 Å². The van der Waals surface area contributed by atoms with E-state index >= 15 is 0 Å². The molecule has 1 aliphatic heterocycles. The molecule has 2 atom stereocenters. The lowest BCUT2D eigenvalue weighted by molar-refractivity contribution is 0.102. The van der Waals surface area contributed by atoms with Gasteiger partial charge in [-0.1, -0.05) is 55.0 Å². The maximum absolute atomic E-state index is 12.5. The Hall–Kier alpha value is -2.92. The summed E-state index contributed by atoms with van der Waals surface area (Å²) < 4.78 is 0. The van der Waals surface area contributed by atoms with Crippen LogP contribution in [0.3, 0.4) is 0 Å². The third kappa shape index (κ3) is 4.40. The smallest absolute Gasteiger partial charge is 0.256 e. The van der Waals surface area contributed by atoms with Gasteiger partial charge in [-0.05, 0) is 48.7 Å². The number of benzene rings is 2. The number of anilines is 1. The molecule has 0 bridgehead atoms. The highest BCUT2D eigenvalue weighted by Gasteiger charge is 2.32. The molecule has 4 rings (SSSR count). The van der Waals surface area contributed by atoms with E-state index in [1.54, 1.807) is 30.1 Å². The average molecular weight is 402 g/mol. The molecule has 1 aromatic heterocycles. The molecule has 0 fully saturated rings. The SMILES string of the molecule is CCC1=NC(c2cccc(C)c2)C(c2ccnc(NC(=O)c3ccccc3)c2)S1. The first-order chi connectivity index (χ1) is 14.1. The van der Waals surface area contributed by atoms with E-state index in [0.717, 1.165) is 17.0 Å². The molecular formula is C24H23N3OS. The van der Waals surface area contributed by atoms with E-state index in [0.29, 0.717) is 11.4 Å². The second kappa shape index (κ2) is 8.62. The van der Waals surface area contributed by atoms with E-state index in [4.69, 9.17) is 4.99 Å². The minimum Gasteiger partial charge on any atom is -0.307 e. The molecule has 1 N–H and O–H groups in total. The number of amides is 1. The van der Waals surface area contributed by atoms with Gasteiger partial charge in [-0.15, -0.1) is 11.8 Å². The zero-order chi connectivity index (χ0) is 20.2. The Kier molecular flexibility index (Phi) is 5.76. The number of hydrogen-bond acceptors (Lipinski definition) is 4. The Bertz CT molecular complexity index is 1050. The normalized spacial score (nSPS) is 18.3. The summed E-state index contributed by atoms with van der Waals surface area (Å²) in [4.78, 5) is 21.8. The third-order valence-electron chi connectivity index (χ3n) is 4.91. The maximum atomic E-state index is 12.5. The minimum absolute atomic E-state index is 0.0647. The molecule has 0 radical (unpaired) electrons. The van der Waals surface area contributed by atoms with Crippen molar-refractivity contribution in [2.24, 2.45) is 4.99 Å². The van der Waals surface area contributed by atoms with Crippen LogP contribution in [0.15, 0.2) is 77.9 Å². The van der Waals surface area contributed by atoms with Crippen LogP contribution in [0.5, 0.6) is 0 Å². The molecule has 0 spiro atoms. The van der Waals surface area contributed by atoms with Gasteiger partial charge in [0, 0.05) is 11.8 Å². The Morgan fingerprint density at radius 1 is 1.03 bits per heavy atom. The molecule has 4 nitrogen and oxygen atoms in total. The van der Waals surface area contributed by atoms with Crippen molar-refractivity contribution >= 4 is 28.5 Å². The minimum atomic E-state index is -0.157. The number of nitrogens with zero attached hydrogens (tertiary/aromatic N) is 2. The fourth-order valence-corrected chi connectivity index (χ4v) is 4.73. The summed E-state index contributed by atoms with van der Waals surface area (Å²) in [5, 5.41) is 4.24. The zero-order valence-corrected chi connectivity index (χ0v) is 17.3. The molecule has 1 amide bonds. The van der Waals surface area contributed by atoms with E-state index in [2.05, 4.69) is 48.4 Å². The van der Waals surface area contributed by atoms with Crippen LogP contribution >= 0.6 is 11.8 Å². The average Bonchev–Trinajstić information content (AvgIpc) is 3.19. The molecule has 2 heterocycles. The first-order valence-corrected chi connectivity index (χ1v) is 10.6. The number of aryl methyl sites for hydroxylation is 1. The number of aromatic nitrogens is 1. The van der Waals surface area contributed by atoms with Gasteiger partial charge in [-0.25, -0.2) is 4.98 Å². The number of pyridine rings is 1. The standard InChI is InChI=1S/C24H23N3OS/c1-3-21-27-22(18-11-7-8-16(2)14-18)23(29-21)19-12-13-25-20(15-19)26-24(28)17-9-5-4-6-10-17/h4-15,22-23H,3H2,1-2H3,(H,25,26,28). The number of rotatable bonds is 5. The molecular weight excluding hydrogens is 378 g/mol. The molecule has 29 heavy (non-hydrogen) atoms. The topological polar surface area (TPSA) is 54.4 Å². The van der Waals surface area contributed by atoms with Crippen molar-refractivity contribution in [1.82, 2.24) is 4.98 Å². The number of thioether (sulfide) groups is 1. The van der Waals surface area contributed by atoms with Gasteiger partial charge in [-0.3, -0.25) is 9.79 Å². The fraction of sp³-hybridized carbons (Fsp3) is 0.208. The molecule has 5 heteroatoms. The van der Waals surface area contributed by atoms with Crippen molar-refractivity contribution in [3.63, 3.8) is 0 Å². The third-order valence-corrected chi connectivity index (χ3v) is 6.36. The summed E-state index contributed by atoms with van der Waals surface area (Å²) in [6, 6.07) is 21.8. The quantitative estimate of drug-likeness (QED) is 0.572. The van der Waals surface area contributed by atoms with Crippen LogP contribution in [0, 0.1) is 6.92 Å². The van der Waals surface area contributed by atoms with Crippen LogP contribution in [0.25, 0.3) is 0 Å². The largest absolute Gasteiger partial charge is 0.307 e. The lowest BCUT2D eigenvalue weighted by Gasteiger charge is -2.19. The summed E-state index contributed by atoms with van der Waals surface area (Å²) in [6.07, 6.45) is 2.68. The second-order valence-electron chi connectivity index (χ2n) is 7.07. The monoisotopic (exact) mass is 401 g/mol. The van der Waals surface area contributed by atoms with E-state index in [9.17, 15) is 4.79 Å². The molecule has 2 aromatic carbocycles. The summed E-state index contributed by atoms with van der Waals surface area (Å²) in [7, 11) is 0. The Morgan fingerprint density at radius 3 is 2.62 bits per heavy atom. The molecule has 146 valence electrons. The number of hydrogen-bond donors (Lipinski definition) is 1. The van der Waals surface area contributed by atoms with Crippen LogP contribution in [-0.4, -0.2) is 15.9 Å². The van der Waals surface area contributed by atoms with Crippen LogP contribution in [-0.2, 0) is 0 Å². The maximum Gasteiger partial charge on any atom is 0.256 e. The van der Waals surface area contributed by atoms with Crippen molar-refractivity contribution in [2.75, 3.05) is 5.32 Å². The van der Waals surface area contributed by atoms with E-state index in [1.165, 1.54) is 11.1 Å². The summed E-state index contributed by atoms with van der Waals surface area (Å²) >= 11 is 1.81. The summed E-state index contributed by atoms with van der Waals surface area (Å²) in [6.45, 7) is 4.24. The van der Waals surface area contributed by atoms with Crippen molar-refractivity contribution in [1.29, 1.82) is 0 Å². The number of carbonyl (C=O) groups excluding carboxylic acids is 1. The lowest BCUT2D eigenvalue weighted by atomic mass is 9.98. The van der Waals surface area contributed by atoms with Crippen molar-refractivity contribution < 1.29 is 4.79 Å². The number of aliphatic imine (C=N–C) groups is 1. The van der Waals surface area contributed by atoms with Gasteiger partial charge in [0.1, 0.15) is 5.82 Å². The van der Waals surface area contributed by atoms with Crippen LogP contribution in [0.2, 0.25) is 0 Å². The fourth-order valence-electron chi connectivity index (χ4n) is 3.46.